The molecule has 22 heavy (non-hydrogen) atoms. The molecular formula is C20H38N2. The van der Waals surface area contributed by atoms with Crippen LogP contribution in [-0.2, 0) is 0 Å². The number of nitrogens with one attached hydrogen (secondary N) is 1. The highest BCUT2D eigenvalue weighted by Crippen LogP contribution is 2.35. The molecular weight excluding hydrogens is 268 g/mol. The first-order valence-electron chi connectivity index (χ1n) is 10.2. The molecule has 1 N–H and O–H groups in total. The van der Waals surface area contributed by atoms with Crippen LogP contribution in [0.1, 0.15) is 78.1 Å². The van der Waals surface area contributed by atoms with Gasteiger partial charge in [0.05, 0.1) is 0 Å². The summed E-state index contributed by atoms with van der Waals surface area (Å²) in [7, 11) is 0. The van der Waals surface area contributed by atoms with Crippen LogP contribution in [0.3, 0.4) is 0 Å². The lowest BCUT2D eigenvalue weighted by Gasteiger charge is -2.49. The minimum atomic E-state index is 0.768. The van der Waals surface area contributed by atoms with Gasteiger partial charge in [0.15, 0.2) is 0 Å². The Morgan fingerprint density at radius 3 is 2.45 bits per heavy atom. The first-order chi connectivity index (χ1) is 10.8. The molecule has 0 aromatic carbocycles. The van der Waals surface area contributed by atoms with E-state index < -0.39 is 0 Å². The lowest BCUT2D eigenvalue weighted by Crippen LogP contribution is -2.57. The molecule has 1 saturated heterocycles. The van der Waals surface area contributed by atoms with Crippen molar-refractivity contribution < 1.29 is 0 Å². The number of hydrogen-bond acceptors (Lipinski definition) is 2. The van der Waals surface area contributed by atoms with Crippen molar-refractivity contribution in [3.63, 3.8) is 0 Å². The second-order valence-corrected chi connectivity index (χ2v) is 8.58. The summed E-state index contributed by atoms with van der Waals surface area (Å²) in [5, 5.41) is 3.98. The number of unbranched alkanes of at least 4 members (excludes halogenated alkanes) is 1. The Labute approximate surface area is 138 Å². The minimum Gasteiger partial charge on any atom is -0.312 e. The standard InChI is InChI=1S/C20H38N2/c1-3-4-7-18-12-19(21-13-17-8-5-6-9-17)15-22(14-18)20-11-10-16(20)2/h16-21H,3-15H2,1-2H3. The van der Waals surface area contributed by atoms with Crippen LogP contribution in [0.5, 0.6) is 0 Å². The second kappa shape index (κ2) is 8.15. The van der Waals surface area contributed by atoms with E-state index in [4.69, 9.17) is 0 Å². The van der Waals surface area contributed by atoms with Crippen LogP contribution >= 0.6 is 0 Å². The van der Waals surface area contributed by atoms with Gasteiger partial charge >= 0.3 is 0 Å². The topological polar surface area (TPSA) is 15.3 Å². The smallest absolute Gasteiger partial charge is 0.0198 e. The van der Waals surface area contributed by atoms with Crippen LogP contribution in [0.4, 0.5) is 0 Å². The lowest BCUT2D eigenvalue weighted by atomic mass is 9.77. The first-order valence-corrected chi connectivity index (χ1v) is 10.2. The summed E-state index contributed by atoms with van der Waals surface area (Å²) in [6.45, 7) is 8.80. The van der Waals surface area contributed by atoms with Crippen molar-refractivity contribution in [3.05, 3.63) is 0 Å². The molecule has 1 heterocycles. The number of hydrogen-bond donors (Lipinski definition) is 1. The lowest BCUT2D eigenvalue weighted by molar-refractivity contribution is 0.0202. The molecule has 2 nitrogen and oxygen atoms in total. The zero-order valence-corrected chi connectivity index (χ0v) is 15.0. The highest BCUT2D eigenvalue weighted by molar-refractivity contribution is 4.93. The third-order valence-electron chi connectivity index (χ3n) is 6.74. The van der Waals surface area contributed by atoms with Crippen molar-refractivity contribution in [2.24, 2.45) is 17.8 Å². The molecule has 2 saturated carbocycles. The summed E-state index contributed by atoms with van der Waals surface area (Å²) in [4.78, 5) is 2.87. The van der Waals surface area contributed by atoms with Crippen LogP contribution in [0, 0.1) is 17.8 Å². The molecule has 2 heteroatoms. The molecule has 0 aromatic rings. The molecule has 0 amide bonds. The summed E-state index contributed by atoms with van der Waals surface area (Å²) in [6, 6.07) is 1.67. The zero-order chi connectivity index (χ0) is 15.4. The van der Waals surface area contributed by atoms with Crippen molar-refractivity contribution in [3.8, 4) is 0 Å². The highest BCUT2D eigenvalue weighted by atomic mass is 15.2. The van der Waals surface area contributed by atoms with E-state index in [9.17, 15) is 0 Å². The number of likely N-dealkylation sites (tertiary alicyclic amines) is 1. The van der Waals surface area contributed by atoms with E-state index in [1.54, 1.807) is 0 Å². The van der Waals surface area contributed by atoms with Gasteiger partial charge in [-0.05, 0) is 62.8 Å². The number of piperidine rings is 1. The molecule has 1 aliphatic heterocycles. The fraction of sp³-hybridized carbons (Fsp3) is 1.00. The quantitative estimate of drug-likeness (QED) is 0.748. The van der Waals surface area contributed by atoms with Gasteiger partial charge in [0.1, 0.15) is 0 Å². The van der Waals surface area contributed by atoms with Gasteiger partial charge in [0, 0.05) is 25.2 Å². The van der Waals surface area contributed by atoms with Gasteiger partial charge in [-0.25, -0.2) is 0 Å². The maximum Gasteiger partial charge on any atom is 0.0198 e. The molecule has 128 valence electrons. The van der Waals surface area contributed by atoms with E-state index in [0.717, 1.165) is 29.8 Å². The molecule has 0 aromatic heterocycles. The Kier molecular flexibility index (Phi) is 6.21. The first kappa shape index (κ1) is 16.8. The van der Waals surface area contributed by atoms with E-state index in [2.05, 4.69) is 24.1 Å². The molecule has 3 rings (SSSR count). The normalized spacial score (nSPS) is 37.4. The van der Waals surface area contributed by atoms with E-state index in [1.165, 1.54) is 83.8 Å². The van der Waals surface area contributed by atoms with E-state index in [0.29, 0.717) is 0 Å². The van der Waals surface area contributed by atoms with Crippen LogP contribution in [0.2, 0.25) is 0 Å². The molecule has 3 fully saturated rings. The van der Waals surface area contributed by atoms with Crippen LogP contribution in [0.15, 0.2) is 0 Å². The largest absolute Gasteiger partial charge is 0.312 e. The average Bonchev–Trinajstić information content (AvgIpc) is 3.03. The average molecular weight is 307 g/mol. The fourth-order valence-electron chi connectivity index (χ4n) is 5.10. The van der Waals surface area contributed by atoms with Gasteiger partial charge in [-0.1, -0.05) is 39.5 Å². The van der Waals surface area contributed by atoms with E-state index in [1.807, 2.05) is 0 Å². The van der Waals surface area contributed by atoms with Crippen LogP contribution in [0.25, 0.3) is 0 Å². The van der Waals surface area contributed by atoms with Crippen molar-refractivity contribution in [1.82, 2.24) is 10.2 Å². The maximum atomic E-state index is 3.98. The van der Waals surface area contributed by atoms with Crippen LogP contribution < -0.4 is 5.32 Å². The Morgan fingerprint density at radius 1 is 1.00 bits per heavy atom. The molecule has 4 atom stereocenters. The molecule has 2 aliphatic carbocycles. The van der Waals surface area contributed by atoms with Gasteiger partial charge in [-0.2, -0.15) is 0 Å². The van der Waals surface area contributed by atoms with Crippen molar-refractivity contribution in [2.75, 3.05) is 19.6 Å². The minimum absolute atomic E-state index is 0.768. The number of rotatable bonds is 7. The number of nitrogens with zero attached hydrogens (tertiary/aromatic N) is 1. The summed E-state index contributed by atoms with van der Waals surface area (Å²) in [5.74, 6) is 2.87. The summed E-state index contributed by atoms with van der Waals surface area (Å²) in [6.07, 6.45) is 14.5. The molecule has 0 radical (unpaired) electrons. The molecule has 0 bridgehead atoms. The van der Waals surface area contributed by atoms with E-state index >= 15 is 0 Å². The zero-order valence-electron chi connectivity index (χ0n) is 15.0. The fourth-order valence-corrected chi connectivity index (χ4v) is 5.10. The van der Waals surface area contributed by atoms with Gasteiger partial charge < -0.3 is 5.32 Å². The highest BCUT2D eigenvalue weighted by Gasteiger charge is 2.37. The summed E-state index contributed by atoms with van der Waals surface area (Å²) >= 11 is 0. The Hall–Kier alpha value is -0.0800. The van der Waals surface area contributed by atoms with Crippen molar-refractivity contribution in [2.45, 2.75) is 90.1 Å². The predicted molar refractivity (Wildman–Crippen MR) is 95.1 cm³/mol. The van der Waals surface area contributed by atoms with Crippen LogP contribution in [-0.4, -0.2) is 36.6 Å². The maximum absolute atomic E-state index is 3.98. The monoisotopic (exact) mass is 306 g/mol. The van der Waals surface area contributed by atoms with Gasteiger partial charge in [0.2, 0.25) is 0 Å². The molecule has 0 spiro atoms. The molecule has 3 aliphatic rings. The summed E-state index contributed by atoms with van der Waals surface area (Å²) in [5.41, 5.74) is 0. The van der Waals surface area contributed by atoms with Gasteiger partial charge in [0.25, 0.3) is 0 Å². The molecule has 4 unspecified atom stereocenters. The van der Waals surface area contributed by atoms with Crippen molar-refractivity contribution in [1.29, 1.82) is 0 Å². The van der Waals surface area contributed by atoms with Gasteiger partial charge in [-0.15, -0.1) is 0 Å². The second-order valence-electron chi connectivity index (χ2n) is 8.58. The Morgan fingerprint density at radius 2 is 1.82 bits per heavy atom. The predicted octanol–water partition coefficient (Wildman–Crippen LogP) is 4.45. The van der Waals surface area contributed by atoms with E-state index in [-0.39, 0.29) is 0 Å². The Balaban J connectivity index is 1.51. The van der Waals surface area contributed by atoms with Crippen molar-refractivity contribution >= 4 is 0 Å². The van der Waals surface area contributed by atoms with Gasteiger partial charge in [-0.3, -0.25) is 4.90 Å². The SMILES string of the molecule is CCCCC1CC(NCC2CCCC2)CN(C2CCC2C)C1. The summed E-state index contributed by atoms with van der Waals surface area (Å²) < 4.78 is 0. The third-order valence-corrected chi connectivity index (χ3v) is 6.74. The third kappa shape index (κ3) is 4.26. The Bertz CT molecular complexity index is 324.